The number of aromatic nitrogens is 2. The Bertz CT molecular complexity index is 598. The van der Waals surface area contributed by atoms with Crippen LogP contribution in [0.25, 0.3) is 0 Å². The lowest BCUT2D eigenvalue weighted by atomic mass is 9.96. The van der Waals surface area contributed by atoms with Gasteiger partial charge < -0.3 is 19.8 Å². The number of hydrogen-bond acceptors (Lipinski definition) is 6. The van der Waals surface area contributed by atoms with Crippen molar-refractivity contribution >= 4 is 11.8 Å². The number of nitrogens with zero attached hydrogens (tertiary/aromatic N) is 5. The summed E-state index contributed by atoms with van der Waals surface area (Å²) in [7, 11) is 0. The van der Waals surface area contributed by atoms with Crippen LogP contribution in [0, 0.1) is 11.8 Å². The van der Waals surface area contributed by atoms with Crippen molar-refractivity contribution in [3.05, 3.63) is 11.8 Å². The minimum atomic E-state index is 0.277. The van der Waals surface area contributed by atoms with Crippen LogP contribution < -0.4 is 9.80 Å². The topological polar surface area (TPSA) is 55.7 Å². The number of aliphatic hydroxyl groups is 1. The lowest BCUT2D eigenvalue weighted by molar-refractivity contribution is 0.176. The van der Waals surface area contributed by atoms with E-state index in [1.807, 2.05) is 0 Å². The van der Waals surface area contributed by atoms with Crippen LogP contribution in [0.1, 0.15) is 38.3 Å². The molecule has 0 aromatic carbocycles. The molecule has 3 aliphatic heterocycles. The summed E-state index contributed by atoms with van der Waals surface area (Å²) in [5, 5.41) is 9.92. The maximum absolute atomic E-state index is 9.92. The summed E-state index contributed by atoms with van der Waals surface area (Å²) < 4.78 is 0. The second-order valence-electron chi connectivity index (χ2n) is 8.18. The third kappa shape index (κ3) is 3.81. The predicted molar refractivity (Wildman–Crippen MR) is 105 cm³/mol. The van der Waals surface area contributed by atoms with Crippen LogP contribution in [0.15, 0.2) is 6.07 Å². The monoisotopic (exact) mass is 359 g/mol. The average molecular weight is 360 g/mol. The highest BCUT2D eigenvalue weighted by Crippen LogP contribution is 2.30. The first-order chi connectivity index (χ1) is 12.8. The van der Waals surface area contributed by atoms with E-state index in [0.29, 0.717) is 11.8 Å². The number of anilines is 2. The SMILES string of the molecule is CCc1cc(N2C[C@@H](CN3CCCC3)[C@@H](CO)C2)nc(N2CCCC2)n1. The third-order valence-corrected chi connectivity index (χ3v) is 6.33. The summed E-state index contributed by atoms with van der Waals surface area (Å²) in [6.07, 6.45) is 6.06. The second-order valence-corrected chi connectivity index (χ2v) is 8.18. The standard InChI is InChI=1S/C20H33N5O/c1-2-18-11-19(22-20(21-18)24-9-5-6-10-24)25-13-16(17(14-25)15-26)12-23-7-3-4-8-23/h11,16-17,26H,2-10,12-15H2,1H3/t16-,17-/m1/s1. The molecule has 0 saturated carbocycles. The van der Waals surface area contributed by atoms with Crippen molar-refractivity contribution in [2.75, 3.05) is 62.2 Å². The number of aryl methyl sites for hydroxylation is 1. The van der Waals surface area contributed by atoms with Gasteiger partial charge in [-0.05, 0) is 51.1 Å². The molecule has 1 aromatic heterocycles. The fourth-order valence-electron chi connectivity index (χ4n) is 4.71. The van der Waals surface area contributed by atoms with E-state index in [-0.39, 0.29) is 6.61 Å². The molecule has 4 rings (SSSR count). The maximum atomic E-state index is 9.92. The summed E-state index contributed by atoms with van der Waals surface area (Å²) in [4.78, 5) is 17.0. The minimum absolute atomic E-state index is 0.277. The van der Waals surface area contributed by atoms with Gasteiger partial charge >= 0.3 is 0 Å². The molecule has 0 bridgehead atoms. The van der Waals surface area contributed by atoms with Gasteiger partial charge in [-0.25, -0.2) is 4.98 Å². The lowest BCUT2D eigenvalue weighted by Crippen LogP contribution is -2.32. The molecule has 0 spiro atoms. The zero-order valence-corrected chi connectivity index (χ0v) is 16.1. The molecule has 4 heterocycles. The van der Waals surface area contributed by atoms with Crippen LogP contribution in [-0.2, 0) is 6.42 Å². The predicted octanol–water partition coefficient (Wildman–Crippen LogP) is 1.78. The van der Waals surface area contributed by atoms with Gasteiger partial charge in [-0.15, -0.1) is 0 Å². The average Bonchev–Trinajstić information content (AvgIpc) is 3.43. The van der Waals surface area contributed by atoms with Crippen molar-refractivity contribution in [1.29, 1.82) is 0 Å². The molecule has 0 radical (unpaired) electrons. The second kappa shape index (κ2) is 8.09. The quantitative estimate of drug-likeness (QED) is 0.836. The van der Waals surface area contributed by atoms with Crippen molar-refractivity contribution in [3.8, 4) is 0 Å². The summed E-state index contributed by atoms with van der Waals surface area (Å²) in [5.41, 5.74) is 1.13. The molecule has 6 heteroatoms. The molecule has 1 aromatic rings. The Morgan fingerprint density at radius 2 is 1.65 bits per heavy atom. The molecular formula is C20H33N5O. The molecule has 1 N–H and O–H groups in total. The Hall–Kier alpha value is -1.40. The van der Waals surface area contributed by atoms with E-state index >= 15 is 0 Å². The largest absolute Gasteiger partial charge is 0.396 e. The van der Waals surface area contributed by atoms with Crippen molar-refractivity contribution in [2.24, 2.45) is 11.8 Å². The van der Waals surface area contributed by atoms with Crippen LogP contribution in [0.3, 0.4) is 0 Å². The van der Waals surface area contributed by atoms with Crippen LogP contribution >= 0.6 is 0 Å². The van der Waals surface area contributed by atoms with E-state index < -0.39 is 0 Å². The van der Waals surface area contributed by atoms with Gasteiger partial charge in [0.15, 0.2) is 0 Å². The first kappa shape index (κ1) is 18.0. The number of rotatable bonds is 6. The normalized spacial score (nSPS) is 27.0. The highest BCUT2D eigenvalue weighted by molar-refractivity contribution is 5.47. The van der Waals surface area contributed by atoms with Crippen LogP contribution in [-0.4, -0.2) is 72.4 Å². The first-order valence-corrected chi connectivity index (χ1v) is 10.5. The Morgan fingerprint density at radius 3 is 2.35 bits per heavy atom. The molecule has 3 fully saturated rings. The highest BCUT2D eigenvalue weighted by atomic mass is 16.3. The number of hydrogen-bond donors (Lipinski definition) is 1. The summed E-state index contributed by atoms with van der Waals surface area (Å²) in [6.45, 7) is 10.1. The highest BCUT2D eigenvalue weighted by Gasteiger charge is 2.35. The Kier molecular flexibility index (Phi) is 5.60. The van der Waals surface area contributed by atoms with E-state index in [1.54, 1.807) is 0 Å². The fourth-order valence-corrected chi connectivity index (χ4v) is 4.71. The van der Waals surface area contributed by atoms with Crippen LogP contribution in [0.5, 0.6) is 0 Å². The van der Waals surface area contributed by atoms with Crippen molar-refractivity contribution in [3.63, 3.8) is 0 Å². The molecule has 2 atom stereocenters. The van der Waals surface area contributed by atoms with Gasteiger partial charge in [0.2, 0.25) is 5.95 Å². The van der Waals surface area contributed by atoms with Gasteiger partial charge in [-0.3, -0.25) is 0 Å². The molecular weight excluding hydrogens is 326 g/mol. The van der Waals surface area contributed by atoms with Crippen molar-refractivity contribution in [1.82, 2.24) is 14.9 Å². The van der Waals surface area contributed by atoms with Gasteiger partial charge in [0.25, 0.3) is 0 Å². The van der Waals surface area contributed by atoms with Crippen molar-refractivity contribution < 1.29 is 5.11 Å². The minimum Gasteiger partial charge on any atom is -0.396 e. The Morgan fingerprint density at radius 1 is 0.962 bits per heavy atom. The molecule has 3 aliphatic rings. The van der Waals surface area contributed by atoms with Crippen LogP contribution in [0.2, 0.25) is 0 Å². The van der Waals surface area contributed by atoms with Gasteiger partial charge in [0.1, 0.15) is 5.82 Å². The summed E-state index contributed by atoms with van der Waals surface area (Å²) in [6, 6.07) is 2.16. The molecule has 0 amide bonds. The van der Waals surface area contributed by atoms with Gasteiger partial charge in [0.05, 0.1) is 0 Å². The third-order valence-electron chi connectivity index (χ3n) is 6.33. The summed E-state index contributed by atoms with van der Waals surface area (Å²) in [5.74, 6) is 2.85. The zero-order valence-electron chi connectivity index (χ0n) is 16.1. The van der Waals surface area contributed by atoms with Crippen LogP contribution in [0.4, 0.5) is 11.8 Å². The maximum Gasteiger partial charge on any atom is 0.227 e. The molecule has 26 heavy (non-hydrogen) atoms. The molecule has 144 valence electrons. The fraction of sp³-hybridized carbons (Fsp3) is 0.800. The Labute approximate surface area is 157 Å². The Balaban J connectivity index is 1.51. The molecule has 6 nitrogen and oxygen atoms in total. The van der Waals surface area contributed by atoms with Gasteiger partial charge in [-0.2, -0.15) is 4.98 Å². The molecule has 0 unspecified atom stereocenters. The summed E-state index contributed by atoms with van der Waals surface area (Å²) >= 11 is 0. The van der Waals surface area contributed by atoms with E-state index in [1.165, 1.54) is 38.8 Å². The van der Waals surface area contributed by atoms with Crippen molar-refractivity contribution in [2.45, 2.75) is 39.0 Å². The zero-order chi connectivity index (χ0) is 17.9. The first-order valence-electron chi connectivity index (χ1n) is 10.5. The lowest BCUT2D eigenvalue weighted by Gasteiger charge is -2.23. The number of likely N-dealkylation sites (tertiary alicyclic amines) is 1. The molecule has 0 aliphatic carbocycles. The van der Waals surface area contributed by atoms with Gasteiger partial charge in [-0.1, -0.05) is 6.92 Å². The van der Waals surface area contributed by atoms with E-state index in [2.05, 4.69) is 27.7 Å². The van der Waals surface area contributed by atoms with Gasteiger partial charge in [0, 0.05) is 57.0 Å². The smallest absolute Gasteiger partial charge is 0.227 e. The van der Waals surface area contributed by atoms with E-state index in [0.717, 1.165) is 56.6 Å². The van der Waals surface area contributed by atoms with E-state index in [4.69, 9.17) is 9.97 Å². The number of aliphatic hydroxyl groups excluding tert-OH is 1. The molecule has 3 saturated heterocycles. The van der Waals surface area contributed by atoms with E-state index in [9.17, 15) is 5.11 Å².